The van der Waals surface area contributed by atoms with Crippen LogP contribution >= 0.6 is 0 Å². The molecule has 0 bridgehead atoms. The van der Waals surface area contributed by atoms with Crippen molar-refractivity contribution in [3.8, 4) is 11.3 Å². The minimum absolute atomic E-state index is 0.0604. The Hall–Kier alpha value is -4.98. The lowest BCUT2D eigenvalue weighted by Gasteiger charge is -2.15. The third-order valence-electron chi connectivity index (χ3n) is 6.83. The number of carboxylic acids is 1. The van der Waals surface area contributed by atoms with Gasteiger partial charge in [0.05, 0.1) is 34.9 Å². The number of aliphatic carboxylic acids is 1. The summed E-state index contributed by atoms with van der Waals surface area (Å²) in [6, 6.07) is 24.2. The number of aryl methyl sites for hydroxylation is 2. The normalized spacial score (nSPS) is 11.8. The smallest absolute Gasteiger partial charge is 0.307 e. The molecule has 8 heteroatoms. The van der Waals surface area contributed by atoms with Crippen molar-refractivity contribution in [1.82, 2.24) is 15.3 Å². The lowest BCUT2D eigenvalue weighted by Crippen LogP contribution is -2.26. The maximum atomic E-state index is 13.7. The number of rotatable bonds is 9. The maximum absolute atomic E-state index is 13.7. The van der Waals surface area contributed by atoms with Crippen LogP contribution in [0.2, 0.25) is 0 Å². The first-order chi connectivity index (χ1) is 19.7. The number of nitrogens with one attached hydrogen (secondary N) is 1. The molecule has 0 aliphatic heterocycles. The lowest BCUT2D eigenvalue weighted by atomic mass is 10.0. The predicted octanol–water partition coefficient (Wildman–Crippen LogP) is 6.48. The highest BCUT2D eigenvalue weighted by Crippen LogP contribution is 2.26. The van der Waals surface area contributed by atoms with Crippen molar-refractivity contribution in [2.24, 2.45) is 0 Å². The molecule has 2 N–H and O–H groups in total. The minimum atomic E-state index is -0.895. The molecule has 0 fully saturated rings. The Morgan fingerprint density at radius 1 is 0.805 bits per heavy atom. The van der Waals surface area contributed by atoms with E-state index in [0.717, 1.165) is 11.1 Å². The second-order valence-electron chi connectivity index (χ2n) is 9.87. The van der Waals surface area contributed by atoms with Gasteiger partial charge in [-0.2, -0.15) is 0 Å². The Bertz CT molecular complexity index is 1720. The second-order valence-corrected chi connectivity index (χ2v) is 9.87. The number of aromatic nitrogens is 2. The van der Waals surface area contributed by atoms with Gasteiger partial charge in [-0.05, 0) is 91.1 Å². The molecule has 0 unspecified atom stereocenters. The van der Waals surface area contributed by atoms with Crippen molar-refractivity contribution in [3.63, 3.8) is 0 Å². The molecule has 0 saturated heterocycles. The summed E-state index contributed by atoms with van der Waals surface area (Å²) >= 11 is 0. The summed E-state index contributed by atoms with van der Waals surface area (Å²) in [5.74, 6) is -1.90. The monoisotopic (exact) mass is 551 g/mol. The standard InChI is InChI=1S/C33H27F2N3O3/c1-20(23-6-11-26(34)12-7-23)36-33(41)25-10-16-28-30(19-25)37-29(32(38-28)24-8-13-27(35)14-9-24)15-5-21-3-2-4-22(17-21)18-31(39)40/h2-4,6-14,16-17,19-20H,5,15,18H2,1H3,(H,36,41)(H,39,40)/t20-/m1/s1. The lowest BCUT2D eigenvalue weighted by molar-refractivity contribution is -0.136. The number of fused-ring (bicyclic) bond motifs is 1. The fourth-order valence-electron chi connectivity index (χ4n) is 4.69. The number of benzene rings is 4. The highest BCUT2D eigenvalue weighted by Gasteiger charge is 2.16. The largest absolute Gasteiger partial charge is 0.481 e. The summed E-state index contributed by atoms with van der Waals surface area (Å²) in [4.78, 5) is 33.9. The van der Waals surface area contributed by atoms with Crippen molar-refractivity contribution < 1.29 is 23.5 Å². The second kappa shape index (κ2) is 12.0. The Kier molecular flexibility index (Phi) is 8.10. The molecule has 1 aromatic heterocycles. The van der Waals surface area contributed by atoms with E-state index in [4.69, 9.17) is 15.1 Å². The molecule has 5 aromatic rings. The number of halogens is 2. The topological polar surface area (TPSA) is 92.2 Å². The highest BCUT2D eigenvalue weighted by atomic mass is 19.1. The van der Waals surface area contributed by atoms with E-state index in [1.165, 1.54) is 24.3 Å². The van der Waals surface area contributed by atoms with Gasteiger partial charge in [0.25, 0.3) is 5.91 Å². The molecule has 0 aliphatic carbocycles. The average Bonchev–Trinajstić information content (AvgIpc) is 2.96. The van der Waals surface area contributed by atoms with Gasteiger partial charge in [0.2, 0.25) is 0 Å². The van der Waals surface area contributed by atoms with Crippen LogP contribution in [-0.2, 0) is 24.1 Å². The first-order valence-corrected chi connectivity index (χ1v) is 13.2. The quantitative estimate of drug-likeness (QED) is 0.219. The van der Waals surface area contributed by atoms with E-state index < -0.39 is 5.97 Å². The zero-order valence-electron chi connectivity index (χ0n) is 22.3. The third kappa shape index (κ3) is 6.78. The van der Waals surface area contributed by atoms with E-state index >= 15 is 0 Å². The first kappa shape index (κ1) is 27.6. The van der Waals surface area contributed by atoms with E-state index in [1.807, 2.05) is 25.1 Å². The molecule has 0 spiro atoms. The maximum Gasteiger partial charge on any atom is 0.307 e. The molecule has 41 heavy (non-hydrogen) atoms. The van der Waals surface area contributed by atoms with Crippen LogP contribution < -0.4 is 5.32 Å². The summed E-state index contributed by atoms with van der Waals surface area (Å²) in [5.41, 5.74) is 5.97. The fourth-order valence-corrected chi connectivity index (χ4v) is 4.69. The summed E-state index contributed by atoms with van der Waals surface area (Å²) in [5, 5.41) is 12.1. The molecular weight excluding hydrogens is 524 g/mol. The Morgan fingerprint density at radius 2 is 1.49 bits per heavy atom. The van der Waals surface area contributed by atoms with Crippen LogP contribution in [0.15, 0.2) is 91.0 Å². The van der Waals surface area contributed by atoms with Gasteiger partial charge in [0, 0.05) is 11.1 Å². The van der Waals surface area contributed by atoms with Crippen molar-refractivity contribution in [3.05, 3.63) is 131 Å². The predicted molar refractivity (Wildman–Crippen MR) is 152 cm³/mol. The molecule has 206 valence electrons. The summed E-state index contributed by atoms with van der Waals surface area (Å²) in [6.45, 7) is 1.82. The van der Waals surface area contributed by atoms with E-state index in [-0.39, 0.29) is 30.0 Å². The number of hydrogen-bond donors (Lipinski definition) is 2. The van der Waals surface area contributed by atoms with Crippen molar-refractivity contribution in [1.29, 1.82) is 0 Å². The number of carbonyl (C=O) groups is 2. The molecule has 0 saturated carbocycles. The minimum Gasteiger partial charge on any atom is -0.481 e. The third-order valence-corrected chi connectivity index (χ3v) is 6.83. The van der Waals surface area contributed by atoms with Gasteiger partial charge in [-0.25, -0.2) is 18.7 Å². The fraction of sp³-hybridized carbons (Fsp3) is 0.152. The first-order valence-electron chi connectivity index (χ1n) is 13.2. The van der Waals surface area contributed by atoms with Crippen LogP contribution in [0.3, 0.4) is 0 Å². The van der Waals surface area contributed by atoms with Crippen LogP contribution in [0.25, 0.3) is 22.3 Å². The number of amides is 1. The molecular formula is C33H27F2N3O3. The molecule has 1 amide bonds. The molecule has 0 radical (unpaired) electrons. The van der Waals surface area contributed by atoms with Gasteiger partial charge < -0.3 is 10.4 Å². The summed E-state index contributed by atoms with van der Waals surface area (Å²) in [6.07, 6.45) is 1.01. The summed E-state index contributed by atoms with van der Waals surface area (Å²) < 4.78 is 26.9. The Balaban J connectivity index is 1.45. The molecule has 1 atom stereocenters. The Morgan fingerprint density at radius 3 is 2.20 bits per heavy atom. The van der Waals surface area contributed by atoms with Crippen molar-refractivity contribution in [2.75, 3.05) is 0 Å². The van der Waals surface area contributed by atoms with E-state index in [0.29, 0.717) is 52.0 Å². The molecule has 0 aliphatic rings. The molecule has 1 heterocycles. The van der Waals surface area contributed by atoms with Crippen molar-refractivity contribution in [2.45, 2.75) is 32.2 Å². The van der Waals surface area contributed by atoms with Gasteiger partial charge in [-0.15, -0.1) is 0 Å². The molecule has 6 nitrogen and oxygen atoms in total. The van der Waals surface area contributed by atoms with Crippen LogP contribution in [0.4, 0.5) is 8.78 Å². The van der Waals surface area contributed by atoms with Crippen LogP contribution in [0.5, 0.6) is 0 Å². The van der Waals surface area contributed by atoms with Crippen LogP contribution in [0.1, 0.15) is 45.7 Å². The van der Waals surface area contributed by atoms with Gasteiger partial charge >= 0.3 is 5.97 Å². The van der Waals surface area contributed by atoms with E-state index in [2.05, 4.69) is 5.32 Å². The van der Waals surface area contributed by atoms with Crippen LogP contribution in [0, 0.1) is 11.6 Å². The average molecular weight is 552 g/mol. The SMILES string of the molecule is C[C@@H](NC(=O)c1ccc2nc(-c3ccc(F)cc3)c(CCc3cccc(CC(=O)O)c3)nc2c1)c1ccc(F)cc1. The zero-order chi connectivity index (χ0) is 28.9. The van der Waals surface area contributed by atoms with Gasteiger partial charge in [0.15, 0.2) is 0 Å². The summed E-state index contributed by atoms with van der Waals surface area (Å²) in [7, 11) is 0. The zero-order valence-corrected chi connectivity index (χ0v) is 22.3. The molecule has 4 aromatic carbocycles. The van der Waals surface area contributed by atoms with Crippen LogP contribution in [-0.4, -0.2) is 27.0 Å². The van der Waals surface area contributed by atoms with E-state index in [9.17, 15) is 18.4 Å². The number of hydrogen-bond acceptors (Lipinski definition) is 4. The van der Waals surface area contributed by atoms with Crippen molar-refractivity contribution >= 4 is 22.9 Å². The molecule has 5 rings (SSSR count). The van der Waals surface area contributed by atoms with Gasteiger partial charge in [0.1, 0.15) is 11.6 Å². The number of carboxylic acid groups (broad SMARTS) is 1. The van der Waals surface area contributed by atoms with Gasteiger partial charge in [-0.3, -0.25) is 9.59 Å². The Labute approximate surface area is 235 Å². The number of carbonyl (C=O) groups excluding carboxylic acids is 1. The van der Waals surface area contributed by atoms with Gasteiger partial charge in [-0.1, -0.05) is 36.4 Å². The van der Waals surface area contributed by atoms with E-state index in [1.54, 1.807) is 48.5 Å². The highest BCUT2D eigenvalue weighted by molar-refractivity contribution is 5.97. The number of nitrogens with zero attached hydrogens (tertiary/aromatic N) is 2.